The van der Waals surface area contributed by atoms with Gasteiger partial charge in [0.1, 0.15) is 6.61 Å². The first-order valence-corrected chi connectivity index (χ1v) is 5.12. The Labute approximate surface area is 92.5 Å². The normalized spacial score (nSPS) is 10.7. The van der Waals surface area contributed by atoms with Gasteiger partial charge in [-0.15, -0.1) is 0 Å². The van der Waals surface area contributed by atoms with E-state index in [2.05, 4.69) is 50.8 Å². The number of rotatable bonds is 1. The fourth-order valence-electron chi connectivity index (χ4n) is 1.27. The number of hydrogen-bond donors (Lipinski definition) is 0. The van der Waals surface area contributed by atoms with Crippen LogP contribution in [0, 0.1) is 11.8 Å². The maximum Gasteiger partial charge on any atom is 0.107 e. The lowest BCUT2D eigenvalue weighted by atomic mass is 9.86. The molecule has 1 rings (SSSR count). The lowest BCUT2D eigenvalue weighted by molar-refractivity contribution is 0.240. The number of hydrogen-bond acceptors (Lipinski definition) is 1. The van der Waals surface area contributed by atoms with Crippen LogP contribution in [-0.4, -0.2) is 13.7 Å². The molecule has 1 heteroatoms. The molecule has 1 aromatic rings. The van der Waals surface area contributed by atoms with Crippen LogP contribution in [0.25, 0.3) is 0 Å². The number of ether oxygens (including phenoxy) is 1. The lowest BCUT2D eigenvalue weighted by Gasteiger charge is -2.18. The standard InChI is InChI=1S/C14H18O/c1-14(2,3)13-9-5-7-12(11-13)8-6-10-15-4/h5,7,9,11H,10H2,1-4H3. The van der Waals surface area contributed by atoms with E-state index in [1.807, 2.05) is 6.07 Å². The summed E-state index contributed by atoms with van der Waals surface area (Å²) in [5.41, 5.74) is 2.55. The van der Waals surface area contributed by atoms with Crippen LogP contribution in [0.15, 0.2) is 24.3 Å². The summed E-state index contributed by atoms with van der Waals surface area (Å²) in [5, 5.41) is 0. The van der Waals surface area contributed by atoms with Crippen molar-refractivity contribution in [3.05, 3.63) is 35.4 Å². The minimum atomic E-state index is 0.180. The average Bonchev–Trinajstić information content (AvgIpc) is 2.17. The highest BCUT2D eigenvalue weighted by atomic mass is 16.5. The van der Waals surface area contributed by atoms with Gasteiger partial charge in [-0.3, -0.25) is 0 Å². The molecule has 0 fully saturated rings. The van der Waals surface area contributed by atoms with Crippen molar-refractivity contribution >= 4 is 0 Å². The van der Waals surface area contributed by atoms with Gasteiger partial charge >= 0.3 is 0 Å². The lowest BCUT2D eigenvalue weighted by Crippen LogP contribution is -2.10. The molecular weight excluding hydrogens is 184 g/mol. The molecule has 80 valence electrons. The average molecular weight is 202 g/mol. The van der Waals surface area contributed by atoms with E-state index in [4.69, 9.17) is 4.74 Å². The zero-order valence-corrected chi connectivity index (χ0v) is 9.92. The molecular formula is C14H18O. The number of benzene rings is 1. The summed E-state index contributed by atoms with van der Waals surface area (Å²) in [6.07, 6.45) is 0. The molecule has 0 spiro atoms. The Morgan fingerprint density at radius 2 is 2.00 bits per heavy atom. The molecule has 0 atom stereocenters. The summed E-state index contributed by atoms with van der Waals surface area (Å²) in [4.78, 5) is 0. The van der Waals surface area contributed by atoms with Gasteiger partial charge < -0.3 is 4.74 Å². The Bertz CT molecular complexity index is 374. The van der Waals surface area contributed by atoms with Crippen LogP contribution in [0.2, 0.25) is 0 Å². The first kappa shape index (κ1) is 11.8. The van der Waals surface area contributed by atoms with Crippen molar-refractivity contribution in [1.29, 1.82) is 0 Å². The van der Waals surface area contributed by atoms with Gasteiger partial charge in [-0.25, -0.2) is 0 Å². The molecule has 0 saturated heterocycles. The van der Waals surface area contributed by atoms with E-state index in [0.717, 1.165) is 5.56 Å². The Hall–Kier alpha value is -1.26. The van der Waals surface area contributed by atoms with Crippen molar-refractivity contribution in [2.75, 3.05) is 13.7 Å². The highest BCUT2D eigenvalue weighted by Gasteiger charge is 2.12. The van der Waals surface area contributed by atoms with Crippen LogP contribution in [0.1, 0.15) is 31.9 Å². The van der Waals surface area contributed by atoms with Gasteiger partial charge in [0, 0.05) is 12.7 Å². The second-order valence-corrected chi connectivity index (χ2v) is 4.57. The van der Waals surface area contributed by atoms with Gasteiger partial charge in [0.2, 0.25) is 0 Å². The molecule has 0 saturated carbocycles. The summed E-state index contributed by atoms with van der Waals surface area (Å²) in [6, 6.07) is 8.36. The van der Waals surface area contributed by atoms with Crippen LogP contribution in [0.3, 0.4) is 0 Å². The number of methoxy groups -OCH3 is 1. The van der Waals surface area contributed by atoms with Crippen molar-refractivity contribution in [3.63, 3.8) is 0 Å². The molecule has 0 aliphatic heterocycles. The summed E-state index contributed by atoms with van der Waals surface area (Å²) in [5.74, 6) is 6.04. The van der Waals surface area contributed by atoms with Gasteiger partial charge in [0.15, 0.2) is 0 Å². The first-order chi connectivity index (χ1) is 7.04. The minimum Gasteiger partial charge on any atom is -0.372 e. The largest absolute Gasteiger partial charge is 0.372 e. The predicted octanol–water partition coefficient (Wildman–Crippen LogP) is 2.98. The molecule has 0 radical (unpaired) electrons. The van der Waals surface area contributed by atoms with Crippen LogP contribution >= 0.6 is 0 Å². The van der Waals surface area contributed by atoms with Crippen LogP contribution in [-0.2, 0) is 10.2 Å². The van der Waals surface area contributed by atoms with E-state index in [1.165, 1.54) is 5.56 Å². The zero-order chi connectivity index (χ0) is 11.3. The SMILES string of the molecule is COCC#Cc1cccc(C(C)(C)C)c1. The summed E-state index contributed by atoms with van der Waals surface area (Å²) >= 11 is 0. The van der Waals surface area contributed by atoms with Crippen molar-refractivity contribution in [2.24, 2.45) is 0 Å². The van der Waals surface area contributed by atoms with E-state index in [9.17, 15) is 0 Å². The molecule has 15 heavy (non-hydrogen) atoms. The van der Waals surface area contributed by atoms with E-state index >= 15 is 0 Å². The third-order valence-corrected chi connectivity index (χ3v) is 2.18. The third-order valence-electron chi connectivity index (χ3n) is 2.18. The van der Waals surface area contributed by atoms with Crippen molar-refractivity contribution in [2.45, 2.75) is 26.2 Å². The summed E-state index contributed by atoms with van der Waals surface area (Å²) < 4.78 is 4.89. The quantitative estimate of drug-likeness (QED) is 0.636. The molecule has 1 nitrogen and oxygen atoms in total. The molecule has 0 N–H and O–H groups in total. The fourth-order valence-corrected chi connectivity index (χ4v) is 1.27. The first-order valence-electron chi connectivity index (χ1n) is 5.12. The second-order valence-electron chi connectivity index (χ2n) is 4.57. The Kier molecular flexibility index (Phi) is 3.94. The molecule has 0 bridgehead atoms. The molecule has 0 heterocycles. The van der Waals surface area contributed by atoms with Crippen LogP contribution < -0.4 is 0 Å². The van der Waals surface area contributed by atoms with Crippen molar-refractivity contribution in [1.82, 2.24) is 0 Å². The van der Waals surface area contributed by atoms with E-state index in [-0.39, 0.29) is 5.41 Å². The van der Waals surface area contributed by atoms with Gasteiger partial charge in [-0.1, -0.05) is 44.7 Å². The maximum atomic E-state index is 4.89. The second kappa shape index (κ2) is 5.00. The van der Waals surface area contributed by atoms with Gasteiger partial charge in [-0.2, -0.15) is 0 Å². The molecule has 0 aliphatic rings. The predicted molar refractivity (Wildman–Crippen MR) is 63.9 cm³/mol. The molecule has 0 amide bonds. The van der Waals surface area contributed by atoms with Gasteiger partial charge in [-0.05, 0) is 23.1 Å². The van der Waals surface area contributed by atoms with E-state index < -0.39 is 0 Å². The van der Waals surface area contributed by atoms with Crippen LogP contribution in [0.5, 0.6) is 0 Å². The Balaban J connectivity index is 2.90. The monoisotopic (exact) mass is 202 g/mol. The van der Waals surface area contributed by atoms with Gasteiger partial charge in [0.05, 0.1) is 0 Å². The topological polar surface area (TPSA) is 9.23 Å². The van der Waals surface area contributed by atoms with Crippen molar-refractivity contribution in [3.8, 4) is 11.8 Å². The Morgan fingerprint density at radius 1 is 1.27 bits per heavy atom. The molecule has 0 aromatic heterocycles. The zero-order valence-electron chi connectivity index (χ0n) is 9.92. The summed E-state index contributed by atoms with van der Waals surface area (Å²) in [6.45, 7) is 7.10. The third kappa shape index (κ3) is 3.77. The van der Waals surface area contributed by atoms with E-state index in [0.29, 0.717) is 6.61 Å². The highest BCUT2D eigenvalue weighted by Crippen LogP contribution is 2.22. The Morgan fingerprint density at radius 3 is 2.60 bits per heavy atom. The minimum absolute atomic E-state index is 0.180. The highest BCUT2D eigenvalue weighted by molar-refractivity contribution is 5.39. The maximum absolute atomic E-state index is 4.89. The van der Waals surface area contributed by atoms with Crippen LogP contribution in [0.4, 0.5) is 0 Å². The molecule has 1 aromatic carbocycles. The summed E-state index contributed by atoms with van der Waals surface area (Å²) in [7, 11) is 1.65. The van der Waals surface area contributed by atoms with Crippen molar-refractivity contribution < 1.29 is 4.74 Å². The fraction of sp³-hybridized carbons (Fsp3) is 0.429. The smallest absolute Gasteiger partial charge is 0.107 e. The van der Waals surface area contributed by atoms with E-state index in [1.54, 1.807) is 7.11 Å². The molecule has 0 aliphatic carbocycles. The van der Waals surface area contributed by atoms with Gasteiger partial charge in [0.25, 0.3) is 0 Å². The molecule has 0 unspecified atom stereocenters.